The highest BCUT2D eigenvalue weighted by Gasteiger charge is 2.35. The highest BCUT2D eigenvalue weighted by atomic mass is 35.5. The molecule has 3 heterocycles. The van der Waals surface area contributed by atoms with Crippen molar-refractivity contribution in [2.24, 2.45) is 13.0 Å². The summed E-state index contributed by atoms with van der Waals surface area (Å²) in [5.74, 6) is 0.0465. The van der Waals surface area contributed by atoms with Crippen LogP contribution >= 0.6 is 23.7 Å². The molecule has 29 heavy (non-hydrogen) atoms. The zero-order valence-corrected chi connectivity index (χ0v) is 18.4. The maximum atomic E-state index is 12.9. The summed E-state index contributed by atoms with van der Waals surface area (Å²) in [5.41, 5.74) is 4.59. The Kier molecular flexibility index (Phi) is 6.72. The number of benzene rings is 1. The average Bonchev–Trinajstić information content (AvgIpc) is 3.37. The molecular formula is C21H26ClN5OS. The smallest absolute Gasteiger partial charge is 0.231 e. The highest BCUT2D eigenvalue weighted by molar-refractivity contribution is 7.15. The van der Waals surface area contributed by atoms with Crippen molar-refractivity contribution in [2.75, 3.05) is 18.4 Å². The van der Waals surface area contributed by atoms with Gasteiger partial charge in [-0.25, -0.2) is 4.98 Å². The number of halogens is 1. The molecule has 8 heteroatoms. The number of thiazole rings is 1. The van der Waals surface area contributed by atoms with E-state index >= 15 is 0 Å². The van der Waals surface area contributed by atoms with Gasteiger partial charge in [-0.1, -0.05) is 29.8 Å². The summed E-state index contributed by atoms with van der Waals surface area (Å²) >= 11 is 1.57. The van der Waals surface area contributed by atoms with E-state index in [-0.39, 0.29) is 30.2 Å². The normalized spacial score (nSPS) is 18.4. The Morgan fingerprint density at radius 2 is 2.03 bits per heavy atom. The molecule has 0 bridgehead atoms. The van der Waals surface area contributed by atoms with Crippen LogP contribution in [0.4, 0.5) is 5.13 Å². The van der Waals surface area contributed by atoms with E-state index < -0.39 is 0 Å². The average molecular weight is 432 g/mol. The third-order valence-electron chi connectivity index (χ3n) is 5.31. The summed E-state index contributed by atoms with van der Waals surface area (Å²) in [4.78, 5) is 18.7. The molecule has 1 aliphatic heterocycles. The standard InChI is InChI=1S/C21H25N5OS.ClH/c1-13-4-6-15(7-5-13)8-19-14(2)24-21(28-19)25-20(27)18-11-22-10-17(18)16-9-23-26(3)12-16;/h4-7,9,12,17-18,22H,8,10-11H2,1-3H3,(H,24,25,27);1H/t17-,18+;/m1./s1. The van der Waals surface area contributed by atoms with Crippen molar-refractivity contribution in [2.45, 2.75) is 26.2 Å². The van der Waals surface area contributed by atoms with E-state index in [9.17, 15) is 4.79 Å². The summed E-state index contributed by atoms with van der Waals surface area (Å²) < 4.78 is 1.78. The molecule has 0 radical (unpaired) electrons. The maximum Gasteiger partial charge on any atom is 0.231 e. The SMILES string of the molecule is Cc1ccc(Cc2sc(NC(=O)[C@H]3CNC[C@@H]3c3cnn(C)c3)nc2C)cc1.Cl. The Bertz CT molecular complexity index is 981. The molecule has 1 aliphatic rings. The first-order valence-corrected chi connectivity index (χ1v) is 10.3. The topological polar surface area (TPSA) is 71.8 Å². The number of aryl methyl sites for hydroxylation is 3. The van der Waals surface area contributed by atoms with Crippen LogP contribution in [0.5, 0.6) is 0 Å². The van der Waals surface area contributed by atoms with Gasteiger partial charge in [0.2, 0.25) is 5.91 Å². The van der Waals surface area contributed by atoms with Gasteiger partial charge in [0.05, 0.1) is 17.8 Å². The summed E-state index contributed by atoms with van der Waals surface area (Å²) in [6.45, 7) is 5.56. The second-order valence-electron chi connectivity index (χ2n) is 7.50. The van der Waals surface area contributed by atoms with Gasteiger partial charge in [-0.15, -0.1) is 23.7 Å². The predicted molar refractivity (Wildman–Crippen MR) is 119 cm³/mol. The molecule has 1 fully saturated rings. The first-order chi connectivity index (χ1) is 13.5. The van der Waals surface area contributed by atoms with Gasteiger partial charge in [0.15, 0.2) is 5.13 Å². The van der Waals surface area contributed by atoms with E-state index in [0.717, 1.165) is 24.2 Å². The molecule has 1 aromatic carbocycles. The van der Waals surface area contributed by atoms with Crippen molar-refractivity contribution in [3.05, 3.63) is 63.9 Å². The molecule has 2 N–H and O–H groups in total. The van der Waals surface area contributed by atoms with Crippen molar-refractivity contribution < 1.29 is 4.79 Å². The van der Waals surface area contributed by atoms with Crippen LogP contribution in [0.15, 0.2) is 36.7 Å². The fraction of sp³-hybridized carbons (Fsp3) is 0.381. The number of carbonyl (C=O) groups is 1. The minimum absolute atomic E-state index is 0. The fourth-order valence-electron chi connectivity index (χ4n) is 3.67. The van der Waals surface area contributed by atoms with Crippen LogP contribution in [-0.2, 0) is 18.3 Å². The summed E-state index contributed by atoms with van der Waals surface area (Å²) in [7, 11) is 1.90. The van der Waals surface area contributed by atoms with E-state index in [4.69, 9.17) is 0 Å². The molecule has 154 valence electrons. The van der Waals surface area contributed by atoms with E-state index in [1.54, 1.807) is 16.0 Å². The summed E-state index contributed by atoms with van der Waals surface area (Å²) in [6, 6.07) is 8.55. The lowest BCUT2D eigenvalue weighted by Crippen LogP contribution is -2.28. The van der Waals surface area contributed by atoms with Crippen LogP contribution < -0.4 is 10.6 Å². The van der Waals surface area contributed by atoms with Crippen molar-refractivity contribution in [3.63, 3.8) is 0 Å². The quantitative estimate of drug-likeness (QED) is 0.649. The van der Waals surface area contributed by atoms with E-state index in [1.807, 2.05) is 26.4 Å². The van der Waals surface area contributed by atoms with E-state index in [1.165, 1.54) is 16.0 Å². The molecule has 0 spiro atoms. The monoisotopic (exact) mass is 431 g/mol. The van der Waals surface area contributed by atoms with Gasteiger partial charge in [-0.05, 0) is 25.0 Å². The van der Waals surface area contributed by atoms with Gasteiger partial charge in [0.1, 0.15) is 0 Å². The predicted octanol–water partition coefficient (Wildman–Crippen LogP) is 3.45. The molecule has 1 amide bonds. The Morgan fingerprint density at radius 3 is 2.72 bits per heavy atom. The van der Waals surface area contributed by atoms with Crippen LogP contribution in [0.2, 0.25) is 0 Å². The molecule has 0 unspecified atom stereocenters. The molecule has 0 saturated carbocycles. The van der Waals surface area contributed by atoms with Gasteiger partial charge in [0, 0.05) is 43.5 Å². The van der Waals surface area contributed by atoms with Crippen LogP contribution in [0.1, 0.15) is 33.2 Å². The number of hydrogen-bond donors (Lipinski definition) is 2. The molecular weight excluding hydrogens is 406 g/mol. The van der Waals surface area contributed by atoms with Gasteiger partial charge in [-0.2, -0.15) is 5.10 Å². The van der Waals surface area contributed by atoms with Gasteiger partial charge in [-0.3, -0.25) is 9.48 Å². The zero-order valence-electron chi connectivity index (χ0n) is 16.8. The fourth-order valence-corrected chi connectivity index (χ4v) is 4.67. The lowest BCUT2D eigenvalue weighted by atomic mass is 9.90. The third kappa shape index (κ3) is 4.86. The molecule has 1 saturated heterocycles. The van der Waals surface area contributed by atoms with Gasteiger partial charge in [0.25, 0.3) is 0 Å². The molecule has 2 aromatic heterocycles. The molecule has 0 aliphatic carbocycles. The van der Waals surface area contributed by atoms with E-state index in [2.05, 4.69) is 51.9 Å². The number of amides is 1. The Balaban J connectivity index is 0.00000240. The maximum absolute atomic E-state index is 12.9. The number of carbonyl (C=O) groups excluding carboxylic acids is 1. The minimum Gasteiger partial charge on any atom is -0.315 e. The lowest BCUT2D eigenvalue weighted by molar-refractivity contribution is -0.119. The van der Waals surface area contributed by atoms with Crippen molar-refractivity contribution >= 4 is 34.8 Å². The highest BCUT2D eigenvalue weighted by Crippen LogP contribution is 2.30. The van der Waals surface area contributed by atoms with Crippen LogP contribution in [0.25, 0.3) is 0 Å². The van der Waals surface area contributed by atoms with Gasteiger partial charge >= 0.3 is 0 Å². The zero-order chi connectivity index (χ0) is 19.7. The van der Waals surface area contributed by atoms with Crippen molar-refractivity contribution in [1.29, 1.82) is 0 Å². The van der Waals surface area contributed by atoms with Crippen molar-refractivity contribution in [3.8, 4) is 0 Å². The second kappa shape index (κ2) is 9.07. The molecule has 6 nitrogen and oxygen atoms in total. The number of aromatic nitrogens is 3. The van der Waals surface area contributed by atoms with E-state index in [0.29, 0.717) is 11.7 Å². The number of anilines is 1. The third-order valence-corrected chi connectivity index (χ3v) is 6.38. The second-order valence-corrected chi connectivity index (χ2v) is 8.58. The summed E-state index contributed by atoms with van der Waals surface area (Å²) in [5, 5.41) is 11.3. The first-order valence-electron chi connectivity index (χ1n) is 9.51. The molecule has 4 rings (SSSR count). The summed E-state index contributed by atoms with van der Waals surface area (Å²) in [6.07, 6.45) is 4.68. The number of rotatable bonds is 5. The number of nitrogens with one attached hydrogen (secondary N) is 2. The number of nitrogens with zero attached hydrogens (tertiary/aromatic N) is 3. The Hall–Kier alpha value is -2.22. The molecule has 3 aromatic rings. The lowest BCUT2D eigenvalue weighted by Gasteiger charge is -2.15. The molecule has 2 atom stereocenters. The number of hydrogen-bond acceptors (Lipinski definition) is 5. The van der Waals surface area contributed by atoms with Crippen molar-refractivity contribution in [1.82, 2.24) is 20.1 Å². The van der Waals surface area contributed by atoms with Gasteiger partial charge < -0.3 is 10.6 Å². The first kappa shape index (κ1) is 21.5. The Labute approximate surface area is 181 Å². The van der Waals surface area contributed by atoms with Crippen LogP contribution in [-0.4, -0.2) is 33.8 Å². The minimum atomic E-state index is -0.117. The van der Waals surface area contributed by atoms with Crippen LogP contribution in [0.3, 0.4) is 0 Å². The van der Waals surface area contributed by atoms with Crippen LogP contribution in [0, 0.1) is 19.8 Å². The largest absolute Gasteiger partial charge is 0.315 e. The Morgan fingerprint density at radius 1 is 1.28 bits per heavy atom.